The molecule has 0 bridgehead atoms. The molecule has 0 radical (unpaired) electrons. The molecule has 2 aliphatic carbocycles. The molecule has 0 spiro atoms. The summed E-state index contributed by atoms with van der Waals surface area (Å²) < 4.78 is 0. The Balaban J connectivity index is 1.63. The standard InChI is InChI=1S/C18H28N2O/c1-14-11-15(12-19-16-6-7-16)5-8-17(14)20(2)13-18(21)9-3-4-10-18/h5,8,11,16,19,21H,3-4,6-7,9-10,12-13H2,1-2H3. The van der Waals surface area contributed by atoms with Gasteiger partial charge in [0.05, 0.1) is 5.60 Å². The lowest BCUT2D eigenvalue weighted by atomic mass is 10.0. The van der Waals surface area contributed by atoms with Gasteiger partial charge in [-0.3, -0.25) is 0 Å². The Morgan fingerprint density at radius 3 is 2.62 bits per heavy atom. The molecule has 0 heterocycles. The lowest BCUT2D eigenvalue weighted by Gasteiger charge is -2.31. The third-order valence-corrected chi connectivity index (χ3v) is 4.91. The van der Waals surface area contributed by atoms with Crippen LogP contribution in [-0.2, 0) is 6.54 Å². The number of hydrogen-bond donors (Lipinski definition) is 2. The number of benzene rings is 1. The molecule has 3 rings (SSSR count). The normalized spacial score (nSPS) is 20.7. The number of likely N-dealkylation sites (N-methyl/N-ethyl adjacent to an activating group) is 1. The Bertz CT molecular complexity index is 490. The number of anilines is 1. The van der Waals surface area contributed by atoms with Gasteiger partial charge in [-0.1, -0.05) is 25.0 Å². The molecule has 1 aromatic carbocycles. The summed E-state index contributed by atoms with van der Waals surface area (Å²) in [6.07, 6.45) is 6.88. The Morgan fingerprint density at radius 2 is 2.00 bits per heavy atom. The van der Waals surface area contributed by atoms with Crippen LogP contribution in [-0.4, -0.2) is 30.3 Å². The first-order valence-corrected chi connectivity index (χ1v) is 8.32. The molecule has 2 aliphatic rings. The third kappa shape index (κ3) is 3.78. The zero-order chi connectivity index (χ0) is 14.9. The zero-order valence-electron chi connectivity index (χ0n) is 13.4. The van der Waals surface area contributed by atoms with Crippen LogP contribution in [0.3, 0.4) is 0 Å². The van der Waals surface area contributed by atoms with Gasteiger partial charge in [-0.15, -0.1) is 0 Å². The number of aryl methyl sites for hydroxylation is 1. The summed E-state index contributed by atoms with van der Waals surface area (Å²) in [6.45, 7) is 3.89. The van der Waals surface area contributed by atoms with Crippen molar-refractivity contribution in [3.8, 4) is 0 Å². The van der Waals surface area contributed by atoms with E-state index in [-0.39, 0.29) is 0 Å². The minimum Gasteiger partial charge on any atom is -0.388 e. The van der Waals surface area contributed by atoms with Crippen molar-refractivity contribution in [2.24, 2.45) is 0 Å². The molecule has 2 N–H and O–H groups in total. The predicted octanol–water partition coefficient (Wildman–Crippen LogP) is 2.99. The SMILES string of the molecule is Cc1cc(CNC2CC2)ccc1N(C)CC1(O)CCCC1. The van der Waals surface area contributed by atoms with Gasteiger partial charge in [-0.2, -0.15) is 0 Å². The van der Waals surface area contributed by atoms with Crippen LogP contribution in [0.25, 0.3) is 0 Å². The van der Waals surface area contributed by atoms with E-state index >= 15 is 0 Å². The number of rotatable bonds is 6. The topological polar surface area (TPSA) is 35.5 Å². The highest BCUT2D eigenvalue weighted by molar-refractivity contribution is 5.54. The highest BCUT2D eigenvalue weighted by Gasteiger charge is 2.32. The van der Waals surface area contributed by atoms with E-state index in [9.17, 15) is 5.11 Å². The minimum atomic E-state index is -0.479. The lowest BCUT2D eigenvalue weighted by molar-refractivity contribution is 0.0559. The van der Waals surface area contributed by atoms with E-state index in [0.717, 1.165) is 44.8 Å². The van der Waals surface area contributed by atoms with Gasteiger partial charge in [0, 0.05) is 31.9 Å². The summed E-state index contributed by atoms with van der Waals surface area (Å²) in [5, 5.41) is 14.1. The molecule has 3 nitrogen and oxygen atoms in total. The fourth-order valence-corrected chi connectivity index (χ4v) is 3.52. The molecule has 1 aromatic rings. The molecular weight excluding hydrogens is 260 g/mol. The fraction of sp³-hybridized carbons (Fsp3) is 0.667. The second-order valence-corrected chi connectivity index (χ2v) is 7.06. The average molecular weight is 288 g/mol. The molecule has 2 saturated carbocycles. The van der Waals surface area contributed by atoms with Gasteiger partial charge in [-0.25, -0.2) is 0 Å². The van der Waals surface area contributed by atoms with E-state index in [1.807, 2.05) is 0 Å². The summed E-state index contributed by atoms with van der Waals surface area (Å²) in [6, 6.07) is 7.45. The highest BCUT2D eigenvalue weighted by atomic mass is 16.3. The number of nitrogens with one attached hydrogen (secondary N) is 1. The Hall–Kier alpha value is -1.06. The van der Waals surface area contributed by atoms with Gasteiger partial charge in [-0.05, 0) is 49.8 Å². The van der Waals surface area contributed by atoms with Gasteiger partial charge < -0.3 is 15.3 Å². The second kappa shape index (κ2) is 5.98. The van der Waals surface area contributed by atoms with E-state index in [0.29, 0.717) is 0 Å². The molecule has 0 aliphatic heterocycles. The van der Waals surface area contributed by atoms with Crippen LogP contribution in [0.2, 0.25) is 0 Å². The van der Waals surface area contributed by atoms with Crippen molar-refractivity contribution >= 4 is 5.69 Å². The van der Waals surface area contributed by atoms with Crippen molar-refractivity contribution in [2.45, 2.75) is 63.6 Å². The quantitative estimate of drug-likeness (QED) is 0.845. The molecule has 0 aromatic heterocycles. The van der Waals surface area contributed by atoms with Crippen LogP contribution in [0.5, 0.6) is 0 Å². The van der Waals surface area contributed by atoms with Crippen LogP contribution in [0.4, 0.5) is 5.69 Å². The molecule has 0 amide bonds. The highest BCUT2D eigenvalue weighted by Crippen LogP contribution is 2.32. The Morgan fingerprint density at radius 1 is 1.29 bits per heavy atom. The van der Waals surface area contributed by atoms with Crippen molar-refractivity contribution in [2.75, 3.05) is 18.5 Å². The van der Waals surface area contributed by atoms with Gasteiger partial charge in [0.2, 0.25) is 0 Å². The van der Waals surface area contributed by atoms with E-state index in [4.69, 9.17) is 0 Å². The first-order valence-electron chi connectivity index (χ1n) is 8.32. The first-order chi connectivity index (χ1) is 10.1. The predicted molar refractivity (Wildman–Crippen MR) is 87.7 cm³/mol. The van der Waals surface area contributed by atoms with Crippen molar-refractivity contribution in [1.82, 2.24) is 5.32 Å². The van der Waals surface area contributed by atoms with E-state index in [2.05, 4.69) is 42.4 Å². The largest absolute Gasteiger partial charge is 0.388 e. The van der Waals surface area contributed by atoms with Gasteiger partial charge in [0.25, 0.3) is 0 Å². The third-order valence-electron chi connectivity index (χ3n) is 4.91. The summed E-state index contributed by atoms with van der Waals surface area (Å²) in [5.41, 5.74) is 3.42. The molecule has 3 heteroatoms. The van der Waals surface area contributed by atoms with Crippen LogP contribution in [0.1, 0.15) is 49.7 Å². The summed E-state index contributed by atoms with van der Waals surface area (Å²) in [5.74, 6) is 0. The molecule has 0 saturated heterocycles. The van der Waals surface area contributed by atoms with Crippen molar-refractivity contribution in [3.05, 3.63) is 29.3 Å². The summed E-state index contributed by atoms with van der Waals surface area (Å²) in [4.78, 5) is 2.22. The maximum atomic E-state index is 10.6. The zero-order valence-corrected chi connectivity index (χ0v) is 13.4. The molecular formula is C18H28N2O. The van der Waals surface area contributed by atoms with E-state index in [1.54, 1.807) is 0 Å². The fourth-order valence-electron chi connectivity index (χ4n) is 3.52. The lowest BCUT2D eigenvalue weighted by Crippen LogP contribution is -2.39. The molecule has 2 fully saturated rings. The Labute approximate surface area is 128 Å². The van der Waals surface area contributed by atoms with Gasteiger partial charge in [0.1, 0.15) is 0 Å². The second-order valence-electron chi connectivity index (χ2n) is 7.06. The average Bonchev–Trinajstić information content (AvgIpc) is 3.18. The summed E-state index contributed by atoms with van der Waals surface area (Å²) in [7, 11) is 2.10. The monoisotopic (exact) mass is 288 g/mol. The van der Waals surface area contributed by atoms with Crippen molar-refractivity contribution in [3.63, 3.8) is 0 Å². The Kier molecular flexibility index (Phi) is 4.23. The first kappa shape index (κ1) is 14.9. The van der Waals surface area contributed by atoms with Crippen molar-refractivity contribution < 1.29 is 5.11 Å². The van der Waals surface area contributed by atoms with Crippen molar-refractivity contribution in [1.29, 1.82) is 0 Å². The number of aliphatic hydroxyl groups is 1. The minimum absolute atomic E-state index is 0.479. The molecule has 0 unspecified atom stereocenters. The van der Waals surface area contributed by atoms with Crippen LogP contribution < -0.4 is 10.2 Å². The van der Waals surface area contributed by atoms with E-state index in [1.165, 1.54) is 29.7 Å². The number of hydrogen-bond acceptors (Lipinski definition) is 3. The van der Waals surface area contributed by atoms with Crippen LogP contribution >= 0.6 is 0 Å². The van der Waals surface area contributed by atoms with Crippen LogP contribution in [0.15, 0.2) is 18.2 Å². The summed E-state index contributed by atoms with van der Waals surface area (Å²) >= 11 is 0. The maximum Gasteiger partial charge on any atom is 0.0821 e. The molecule has 21 heavy (non-hydrogen) atoms. The van der Waals surface area contributed by atoms with Crippen LogP contribution in [0, 0.1) is 6.92 Å². The molecule has 116 valence electrons. The number of nitrogens with zero attached hydrogens (tertiary/aromatic N) is 1. The van der Waals surface area contributed by atoms with E-state index < -0.39 is 5.60 Å². The maximum absolute atomic E-state index is 10.6. The van der Waals surface area contributed by atoms with Gasteiger partial charge >= 0.3 is 0 Å². The molecule has 0 atom stereocenters. The smallest absolute Gasteiger partial charge is 0.0821 e. The van der Waals surface area contributed by atoms with Gasteiger partial charge in [0.15, 0.2) is 0 Å².